The summed E-state index contributed by atoms with van der Waals surface area (Å²) in [6, 6.07) is 19.3. The second-order valence-corrected chi connectivity index (χ2v) is 6.43. The minimum Gasteiger partial charge on any atom is -0.478 e. The summed E-state index contributed by atoms with van der Waals surface area (Å²) < 4.78 is 15.9. The Balaban J connectivity index is 1.68. The molecule has 0 aliphatic carbocycles. The van der Waals surface area contributed by atoms with Crippen molar-refractivity contribution in [3.8, 4) is 11.1 Å². The number of halogens is 1. The van der Waals surface area contributed by atoms with Gasteiger partial charge in [-0.1, -0.05) is 42.5 Å². The Labute approximate surface area is 155 Å². The van der Waals surface area contributed by atoms with Gasteiger partial charge in [0.15, 0.2) is 0 Å². The van der Waals surface area contributed by atoms with Crippen LogP contribution in [0, 0.1) is 12.7 Å². The standard InChI is InChI=1S/C22H17FN2O2/c1-14-24-20-11-10-17(22(26)27)12-21(20)25(14)13-15-6-8-16(9-7-15)18-4-2-3-5-19(18)23/h2-12H,13H2,1H3,(H,26,27). The molecular formula is C22H17FN2O2. The zero-order valence-corrected chi connectivity index (χ0v) is 14.7. The molecule has 4 nitrogen and oxygen atoms in total. The summed E-state index contributed by atoms with van der Waals surface area (Å²) in [4.78, 5) is 15.8. The van der Waals surface area contributed by atoms with Gasteiger partial charge in [0, 0.05) is 12.1 Å². The molecule has 0 spiro atoms. The molecule has 0 unspecified atom stereocenters. The van der Waals surface area contributed by atoms with Crippen LogP contribution >= 0.6 is 0 Å². The molecule has 27 heavy (non-hydrogen) atoms. The zero-order chi connectivity index (χ0) is 19.0. The van der Waals surface area contributed by atoms with Gasteiger partial charge in [0.05, 0.1) is 16.6 Å². The van der Waals surface area contributed by atoms with Gasteiger partial charge in [0.1, 0.15) is 11.6 Å². The normalized spacial score (nSPS) is 11.0. The summed E-state index contributed by atoms with van der Waals surface area (Å²) in [5.74, 6) is -0.398. The SMILES string of the molecule is Cc1nc2ccc(C(=O)O)cc2n1Cc1ccc(-c2ccccc2F)cc1. The van der Waals surface area contributed by atoms with Crippen LogP contribution in [0.5, 0.6) is 0 Å². The number of carboxylic acid groups (broad SMARTS) is 1. The third kappa shape index (κ3) is 3.19. The summed E-state index contributed by atoms with van der Waals surface area (Å²) in [5.41, 5.74) is 4.19. The lowest BCUT2D eigenvalue weighted by atomic mass is 10.0. The summed E-state index contributed by atoms with van der Waals surface area (Å²) in [7, 11) is 0. The number of fused-ring (bicyclic) bond motifs is 1. The van der Waals surface area contributed by atoms with Crippen LogP contribution in [-0.4, -0.2) is 20.6 Å². The Bertz CT molecular complexity index is 1150. The molecule has 4 aromatic rings. The van der Waals surface area contributed by atoms with Gasteiger partial charge in [0.2, 0.25) is 0 Å². The van der Waals surface area contributed by atoms with Crippen molar-refractivity contribution < 1.29 is 14.3 Å². The van der Waals surface area contributed by atoms with Crippen LogP contribution in [-0.2, 0) is 6.54 Å². The van der Waals surface area contributed by atoms with Crippen LogP contribution in [0.15, 0.2) is 66.7 Å². The Morgan fingerprint density at radius 3 is 2.52 bits per heavy atom. The predicted molar refractivity (Wildman–Crippen MR) is 102 cm³/mol. The first-order valence-corrected chi connectivity index (χ1v) is 8.57. The number of aromatic nitrogens is 2. The van der Waals surface area contributed by atoms with E-state index in [2.05, 4.69) is 4.98 Å². The maximum Gasteiger partial charge on any atom is 0.335 e. The quantitative estimate of drug-likeness (QED) is 0.563. The van der Waals surface area contributed by atoms with Crippen LogP contribution < -0.4 is 0 Å². The largest absolute Gasteiger partial charge is 0.478 e. The molecule has 5 heteroatoms. The molecule has 4 rings (SSSR count). The molecule has 1 aromatic heterocycles. The minimum atomic E-state index is -0.962. The lowest BCUT2D eigenvalue weighted by molar-refractivity contribution is 0.0697. The van der Waals surface area contributed by atoms with Gasteiger partial charge < -0.3 is 9.67 Å². The first kappa shape index (κ1) is 17.0. The molecule has 0 saturated heterocycles. The number of aromatic carboxylic acids is 1. The Morgan fingerprint density at radius 2 is 1.81 bits per heavy atom. The van der Waals surface area contributed by atoms with E-state index >= 15 is 0 Å². The third-order valence-electron chi connectivity index (χ3n) is 4.67. The lowest BCUT2D eigenvalue weighted by Crippen LogP contribution is -2.03. The van der Waals surface area contributed by atoms with Crippen LogP contribution in [0.25, 0.3) is 22.2 Å². The molecule has 0 amide bonds. The van der Waals surface area contributed by atoms with E-state index in [0.717, 1.165) is 28.0 Å². The molecule has 1 heterocycles. The van der Waals surface area contributed by atoms with Crippen molar-refractivity contribution in [2.24, 2.45) is 0 Å². The molecule has 0 bridgehead atoms. The molecule has 3 aromatic carbocycles. The number of nitrogens with zero attached hydrogens (tertiary/aromatic N) is 2. The van der Waals surface area contributed by atoms with Crippen molar-refractivity contribution in [2.75, 3.05) is 0 Å². The Morgan fingerprint density at radius 1 is 1.07 bits per heavy atom. The van der Waals surface area contributed by atoms with E-state index < -0.39 is 5.97 Å². The highest BCUT2D eigenvalue weighted by Crippen LogP contribution is 2.24. The fourth-order valence-corrected chi connectivity index (χ4v) is 3.24. The van der Waals surface area contributed by atoms with Crippen molar-refractivity contribution in [1.82, 2.24) is 9.55 Å². The van der Waals surface area contributed by atoms with Crippen LogP contribution in [0.2, 0.25) is 0 Å². The van der Waals surface area contributed by atoms with Crippen molar-refractivity contribution in [3.05, 3.63) is 89.5 Å². The van der Waals surface area contributed by atoms with E-state index in [0.29, 0.717) is 12.1 Å². The van der Waals surface area contributed by atoms with Crippen molar-refractivity contribution in [1.29, 1.82) is 0 Å². The average molecular weight is 360 g/mol. The number of carboxylic acids is 1. The second-order valence-electron chi connectivity index (χ2n) is 6.43. The highest BCUT2D eigenvalue weighted by Gasteiger charge is 2.12. The molecule has 134 valence electrons. The topological polar surface area (TPSA) is 55.1 Å². The smallest absolute Gasteiger partial charge is 0.335 e. The number of aryl methyl sites for hydroxylation is 1. The molecule has 1 N–H and O–H groups in total. The Hall–Kier alpha value is -3.47. The van der Waals surface area contributed by atoms with E-state index in [1.54, 1.807) is 30.3 Å². The number of hydrogen-bond acceptors (Lipinski definition) is 2. The van der Waals surface area contributed by atoms with Crippen LogP contribution in [0.1, 0.15) is 21.7 Å². The summed E-state index contributed by atoms with van der Waals surface area (Å²) in [5, 5.41) is 9.23. The van der Waals surface area contributed by atoms with Gasteiger partial charge in [-0.3, -0.25) is 0 Å². The van der Waals surface area contributed by atoms with Crippen molar-refractivity contribution >= 4 is 17.0 Å². The first-order chi connectivity index (χ1) is 13.0. The Kier molecular flexibility index (Phi) is 4.20. The van der Waals surface area contributed by atoms with Crippen molar-refractivity contribution in [2.45, 2.75) is 13.5 Å². The number of imidazole rings is 1. The van der Waals surface area contributed by atoms with E-state index in [9.17, 15) is 14.3 Å². The molecule has 0 atom stereocenters. The van der Waals surface area contributed by atoms with E-state index in [1.807, 2.05) is 41.8 Å². The molecule has 0 aliphatic heterocycles. The van der Waals surface area contributed by atoms with E-state index in [4.69, 9.17) is 0 Å². The highest BCUT2D eigenvalue weighted by molar-refractivity contribution is 5.92. The lowest BCUT2D eigenvalue weighted by Gasteiger charge is -2.09. The van der Waals surface area contributed by atoms with Crippen LogP contribution in [0.3, 0.4) is 0 Å². The van der Waals surface area contributed by atoms with Gasteiger partial charge in [-0.2, -0.15) is 0 Å². The van der Waals surface area contributed by atoms with E-state index in [1.165, 1.54) is 6.07 Å². The summed E-state index contributed by atoms with van der Waals surface area (Å²) in [6.07, 6.45) is 0. The number of hydrogen-bond donors (Lipinski definition) is 1. The number of carbonyl (C=O) groups is 1. The van der Waals surface area contributed by atoms with Gasteiger partial charge in [-0.05, 0) is 42.3 Å². The average Bonchev–Trinajstić information content (AvgIpc) is 2.97. The molecule has 0 fully saturated rings. The monoisotopic (exact) mass is 360 g/mol. The molecular weight excluding hydrogens is 343 g/mol. The third-order valence-corrected chi connectivity index (χ3v) is 4.67. The molecule has 0 saturated carbocycles. The van der Waals surface area contributed by atoms with Gasteiger partial charge >= 0.3 is 5.97 Å². The maximum absolute atomic E-state index is 14.0. The van der Waals surface area contributed by atoms with Gasteiger partial charge in [-0.15, -0.1) is 0 Å². The number of benzene rings is 3. The van der Waals surface area contributed by atoms with Gasteiger partial charge in [-0.25, -0.2) is 14.2 Å². The highest BCUT2D eigenvalue weighted by atomic mass is 19.1. The van der Waals surface area contributed by atoms with Crippen molar-refractivity contribution in [3.63, 3.8) is 0 Å². The predicted octanol–water partition coefficient (Wildman–Crippen LogP) is 4.90. The minimum absolute atomic E-state index is 0.235. The zero-order valence-electron chi connectivity index (χ0n) is 14.7. The molecule has 0 radical (unpaired) electrons. The second kappa shape index (κ2) is 6.68. The first-order valence-electron chi connectivity index (χ1n) is 8.57. The van der Waals surface area contributed by atoms with E-state index in [-0.39, 0.29) is 11.4 Å². The van der Waals surface area contributed by atoms with Gasteiger partial charge in [0.25, 0.3) is 0 Å². The maximum atomic E-state index is 14.0. The fourth-order valence-electron chi connectivity index (χ4n) is 3.24. The fraction of sp³-hybridized carbons (Fsp3) is 0.0909. The van der Waals surface area contributed by atoms with Crippen LogP contribution in [0.4, 0.5) is 4.39 Å². The summed E-state index contributed by atoms with van der Waals surface area (Å²) >= 11 is 0. The number of rotatable bonds is 4. The molecule has 0 aliphatic rings. The summed E-state index contributed by atoms with van der Waals surface area (Å²) in [6.45, 7) is 2.46.